The second-order valence-electron chi connectivity index (χ2n) is 5.10. The Morgan fingerprint density at radius 3 is 2.10 bits per heavy atom. The van der Waals surface area contributed by atoms with Crippen molar-refractivity contribution in [3.63, 3.8) is 0 Å². The summed E-state index contributed by atoms with van der Waals surface area (Å²) in [5.41, 5.74) is 6.76. The first-order chi connectivity index (χ1) is 9.82. The third-order valence-corrected chi connectivity index (χ3v) is 5.41. The zero-order valence-corrected chi connectivity index (χ0v) is 13.0. The molecule has 8 heteroatoms. The number of nitrogen functional groups attached to an aromatic ring is 1. The summed E-state index contributed by atoms with van der Waals surface area (Å²) in [6.07, 6.45) is 0. The standard InChI is InChI=1S/C13H20N4O3S/c1-15(2)21(19,20)17-9-7-16(8-10-17)13(18)11-3-5-12(14)6-4-11/h3-6H,7-10,14H2,1-2H3. The molecule has 0 atom stereocenters. The Morgan fingerprint density at radius 2 is 1.62 bits per heavy atom. The van der Waals surface area contributed by atoms with Crippen LogP contribution in [0.4, 0.5) is 5.69 Å². The summed E-state index contributed by atoms with van der Waals surface area (Å²) in [4.78, 5) is 14.0. The van der Waals surface area contributed by atoms with Crippen LogP contribution in [0.3, 0.4) is 0 Å². The van der Waals surface area contributed by atoms with Gasteiger partial charge in [0.05, 0.1) is 0 Å². The van der Waals surface area contributed by atoms with E-state index in [1.165, 1.54) is 22.7 Å². The molecule has 2 rings (SSSR count). The zero-order chi connectivity index (χ0) is 15.6. The molecular weight excluding hydrogens is 292 g/mol. The maximum absolute atomic E-state index is 12.3. The minimum atomic E-state index is -3.41. The van der Waals surface area contributed by atoms with Crippen molar-refractivity contribution in [1.29, 1.82) is 0 Å². The SMILES string of the molecule is CN(C)S(=O)(=O)N1CCN(C(=O)c2ccc(N)cc2)CC1. The van der Waals surface area contributed by atoms with Crippen molar-refractivity contribution in [2.75, 3.05) is 46.0 Å². The van der Waals surface area contributed by atoms with E-state index in [-0.39, 0.29) is 5.91 Å². The Bertz CT molecular complexity index is 605. The third-order valence-electron chi connectivity index (χ3n) is 3.47. The first-order valence-electron chi connectivity index (χ1n) is 6.65. The van der Waals surface area contributed by atoms with Gasteiger partial charge in [-0.3, -0.25) is 4.79 Å². The maximum atomic E-state index is 12.3. The summed E-state index contributed by atoms with van der Waals surface area (Å²) >= 11 is 0. The number of rotatable bonds is 3. The Labute approximate surface area is 125 Å². The highest BCUT2D eigenvalue weighted by Gasteiger charge is 2.30. The summed E-state index contributed by atoms with van der Waals surface area (Å²) < 4.78 is 26.6. The van der Waals surface area contributed by atoms with Gasteiger partial charge in [-0.15, -0.1) is 0 Å². The van der Waals surface area contributed by atoms with E-state index in [2.05, 4.69) is 0 Å². The lowest BCUT2D eigenvalue weighted by Crippen LogP contribution is -2.53. The van der Waals surface area contributed by atoms with Crippen molar-refractivity contribution in [2.24, 2.45) is 0 Å². The normalized spacial score (nSPS) is 17.2. The second-order valence-corrected chi connectivity index (χ2v) is 7.25. The number of amides is 1. The van der Waals surface area contributed by atoms with E-state index in [4.69, 9.17) is 5.73 Å². The van der Waals surface area contributed by atoms with Crippen LogP contribution >= 0.6 is 0 Å². The molecular formula is C13H20N4O3S. The van der Waals surface area contributed by atoms with Gasteiger partial charge in [-0.1, -0.05) is 0 Å². The molecule has 0 saturated carbocycles. The molecule has 0 unspecified atom stereocenters. The molecule has 0 aromatic heterocycles. The van der Waals surface area contributed by atoms with E-state index in [9.17, 15) is 13.2 Å². The van der Waals surface area contributed by atoms with E-state index >= 15 is 0 Å². The Balaban J connectivity index is 2.01. The predicted molar refractivity (Wildman–Crippen MR) is 80.9 cm³/mol. The number of nitrogens with two attached hydrogens (primary N) is 1. The fourth-order valence-electron chi connectivity index (χ4n) is 2.16. The number of anilines is 1. The first kappa shape index (κ1) is 15.7. The largest absolute Gasteiger partial charge is 0.399 e. The highest BCUT2D eigenvalue weighted by atomic mass is 32.2. The number of hydrogen-bond donors (Lipinski definition) is 1. The van der Waals surface area contributed by atoms with E-state index < -0.39 is 10.2 Å². The van der Waals surface area contributed by atoms with Gasteiger partial charge >= 0.3 is 0 Å². The van der Waals surface area contributed by atoms with E-state index in [1.807, 2.05) is 0 Å². The van der Waals surface area contributed by atoms with Crippen LogP contribution < -0.4 is 5.73 Å². The van der Waals surface area contributed by atoms with Crippen molar-refractivity contribution in [1.82, 2.24) is 13.5 Å². The number of benzene rings is 1. The summed E-state index contributed by atoms with van der Waals surface area (Å²) in [7, 11) is -0.405. The van der Waals surface area contributed by atoms with Gasteiger partial charge in [0.2, 0.25) is 0 Å². The van der Waals surface area contributed by atoms with Crippen molar-refractivity contribution >= 4 is 21.8 Å². The van der Waals surface area contributed by atoms with E-state index in [0.29, 0.717) is 37.4 Å². The van der Waals surface area contributed by atoms with Gasteiger partial charge in [0, 0.05) is 51.5 Å². The molecule has 1 aromatic carbocycles. The van der Waals surface area contributed by atoms with Crippen LogP contribution in [0.1, 0.15) is 10.4 Å². The molecule has 0 spiro atoms. The second kappa shape index (κ2) is 6.00. The highest BCUT2D eigenvalue weighted by Crippen LogP contribution is 2.13. The number of hydrogen-bond acceptors (Lipinski definition) is 4. The molecule has 1 amide bonds. The lowest BCUT2D eigenvalue weighted by atomic mass is 10.1. The minimum absolute atomic E-state index is 0.100. The molecule has 1 aliphatic heterocycles. The van der Waals surface area contributed by atoms with Crippen LogP contribution in [-0.2, 0) is 10.2 Å². The van der Waals surface area contributed by atoms with Gasteiger partial charge in [-0.05, 0) is 24.3 Å². The zero-order valence-electron chi connectivity index (χ0n) is 12.2. The van der Waals surface area contributed by atoms with Crippen LogP contribution in [0.15, 0.2) is 24.3 Å². The lowest BCUT2D eigenvalue weighted by molar-refractivity contribution is 0.0695. The smallest absolute Gasteiger partial charge is 0.281 e. The number of piperazine rings is 1. The monoisotopic (exact) mass is 312 g/mol. The minimum Gasteiger partial charge on any atom is -0.399 e. The Morgan fingerprint density at radius 1 is 1.10 bits per heavy atom. The summed E-state index contributed by atoms with van der Waals surface area (Å²) in [6.45, 7) is 1.38. The molecule has 1 heterocycles. The van der Waals surface area contributed by atoms with Gasteiger partial charge in [0.1, 0.15) is 0 Å². The van der Waals surface area contributed by atoms with Gasteiger partial charge in [-0.25, -0.2) is 0 Å². The molecule has 0 aliphatic carbocycles. The molecule has 2 N–H and O–H groups in total. The average Bonchev–Trinajstić information content (AvgIpc) is 2.47. The summed E-state index contributed by atoms with van der Waals surface area (Å²) in [5.74, 6) is -0.100. The van der Waals surface area contributed by atoms with E-state index in [0.717, 1.165) is 0 Å². The Kier molecular flexibility index (Phi) is 4.50. The molecule has 1 aromatic rings. The fourth-order valence-corrected chi connectivity index (χ4v) is 3.25. The molecule has 1 saturated heterocycles. The number of carbonyl (C=O) groups is 1. The van der Waals surface area contributed by atoms with Crippen molar-refractivity contribution in [3.8, 4) is 0 Å². The summed E-state index contributed by atoms with van der Waals surface area (Å²) in [6, 6.07) is 6.72. The lowest BCUT2D eigenvalue weighted by Gasteiger charge is -2.35. The Hall–Kier alpha value is -1.64. The average molecular weight is 312 g/mol. The van der Waals surface area contributed by atoms with Crippen LogP contribution in [0, 0.1) is 0 Å². The molecule has 21 heavy (non-hydrogen) atoms. The summed E-state index contributed by atoms with van der Waals surface area (Å²) in [5, 5.41) is 0. The third kappa shape index (κ3) is 3.34. The highest BCUT2D eigenvalue weighted by molar-refractivity contribution is 7.86. The van der Waals surface area contributed by atoms with Gasteiger partial charge in [0.25, 0.3) is 16.1 Å². The van der Waals surface area contributed by atoms with Crippen LogP contribution in [0.25, 0.3) is 0 Å². The van der Waals surface area contributed by atoms with Crippen molar-refractivity contribution in [2.45, 2.75) is 0 Å². The van der Waals surface area contributed by atoms with E-state index in [1.54, 1.807) is 29.2 Å². The van der Waals surface area contributed by atoms with Crippen molar-refractivity contribution in [3.05, 3.63) is 29.8 Å². The molecule has 7 nitrogen and oxygen atoms in total. The molecule has 0 radical (unpaired) electrons. The molecule has 1 fully saturated rings. The van der Waals surface area contributed by atoms with Crippen molar-refractivity contribution < 1.29 is 13.2 Å². The van der Waals surface area contributed by atoms with Gasteiger partial charge < -0.3 is 10.6 Å². The molecule has 0 bridgehead atoms. The first-order valence-corrected chi connectivity index (χ1v) is 8.04. The maximum Gasteiger partial charge on any atom is 0.281 e. The topological polar surface area (TPSA) is 87.0 Å². The van der Waals surface area contributed by atoms with Crippen LogP contribution in [0.2, 0.25) is 0 Å². The van der Waals surface area contributed by atoms with Gasteiger partial charge in [-0.2, -0.15) is 17.0 Å². The quantitative estimate of drug-likeness (QED) is 0.785. The molecule has 1 aliphatic rings. The number of carbonyl (C=O) groups excluding carboxylic acids is 1. The fraction of sp³-hybridized carbons (Fsp3) is 0.462. The van der Waals surface area contributed by atoms with Crippen LogP contribution in [0.5, 0.6) is 0 Å². The van der Waals surface area contributed by atoms with Gasteiger partial charge in [0.15, 0.2) is 0 Å². The molecule has 116 valence electrons. The number of nitrogens with zero attached hydrogens (tertiary/aromatic N) is 3. The predicted octanol–water partition coefficient (Wildman–Crippen LogP) is -0.167. The van der Waals surface area contributed by atoms with Crippen LogP contribution in [-0.4, -0.2) is 68.1 Å².